The fourth-order valence-electron chi connectivity index (χ4n) is 4.30. The van der Waals surface area contributed by atoms with E-state index in [1.54, 1.807) is 18.2 Å². The lowest BCUT2D eigenvalue weighted by molar-refractivity contribution is -0.0497. The van der Waals surface area contributed by atoms with Crippen molar-refractivity contribution in [2.45, 2.75) is 64.3 Å². The van der Waals surface area contributed by atoms with Crippen molar-refractivity contribution in [2.75, 3.05) is 0 Å². The van der Waals surface area contributed by atoms with E-state index in [0.29, 0.717) is 17.0 Å². The number of fused-ring (bicyclic) bond motifs is 1. The SMILES string of the molecule is CC(C)(C)N1C=CC=CC1c1c(C#N)c2cc(OC(F)F)ccc2n1C1CCC1. The van der Waals surface area contributed by atoms with E-state index in [9.17, 15) is 14.0 Å². The highest BCUT2D eigenvalue weighted by Crippen LogP contribution is 2.44. The minimum absolute atomic E-state index is 0.0769. The van der Waals surface area contributed by atoms with Gasteiger partial charge in [-0.3, -0.25) is 0 Å². The van der Waals surface area contributed by atoms with Crippen LogP contribution in [-0.4, -0.2) is 21.6 Å². The molecule has 0 N–H and O–H groups in total. The van der Waals surface area contributed by atoms with E-state index in [1.807, 2.05) is 12.2 Å². The Morgan fingerprint density at radius 2 is 1.97 bits per heavy atom. The van der Waals surface area contributed by atoms with Gasteiger partial charge in [0, 0.05) is 23.2 Å². The standard InChI is InChI=1S/C23H25F2N3O/c1-23(2,3)27-12-5-4-9-20(27)21-18(14-26)17-13-16(29-22(24)25)10-11-19(17)28(21)15-7-6-8-15/h4-5,9-13,15,20,22H,6-8H2,1-3H3. The van der Waals surface area contributed by atoms with Gasteiger partial charge in [-0.2, -0.15) is 14.0 Å². The zero-order chi connectivity index (χ0) is 20.8. The molecule has 1 aliphatic heterocycles. The van der Waals surface area contributed by atoms with E-state index >= 15 is 0 Å². The van der Waals surface area contributed by atoms with Crippen LogP contribution in [0.5, 0.6) is 5.75 Å². The number of ether oxygens (including phenoxy) is 1. The summed E-state index contributed by atoms with van der Waals surface area (Å²) in [6.45, 7) is 3.52. The summed E-state index contributed by atoms with van der Waals surface area (Å²) in [4.78, 5) is 2.24. The molecule has 4 rings (SSSR count). The Bertz CT molecular complexity index is 1020. The van der Waals surface area contributed by atoms with Crippen LogP contribution >= 0.6 is 0 Å². The third-order valence-electron chi connectivity index (χ3n) is 5.80. The predicted molar refractivity (Wildman–Crippen MR) is 109 cm³/mol. The van der Waals surface area contributed by atoms with E-state index in [2.05, 4.69) is 53.3 Å². The fourth-order valence-corrected chi connectivity index (χ4v) is 4.30. The molecule has 1 aromatic carbocycles. The average Bonchev–Trinajstić information content (AvgIpc) is 2.92. The molecule has 29 heavy (non-hydrogen) atoms. The van der Waals surface area contributed by atoms with Crippen LogP contribution in [0.2, 0.25) is 0 Å². The monoisotopic (exact) mass is 397 g/mol. The number of rotatable bonds is 4. The molecule has 6 heteroatoms. The Kier molecular flexibility index (Phi) is 4.85. The van der Waals surface area contributed by atoms with E-state index in [1.165, 1.54) is 0 Å². The first kappa shape index (κ1) is 19.5. The summed E-state index contributed by atoms with van der Waals surface area (Å²) >= 11 is 0. The Morgan fingerprint density at radius 3 is 2.55 bits per heavy atom. The summed E-state index contributed by atoms with van der Waals surface area (Å²) in [5, 5.41) is 10.8. The molecule has 1 aromatic heterocycles. The highest BCUT2D eigenvalue weighted by atomic mass is 19.3. The van der Waals surface area contributed by atoms with Gasteiger partial charge in [-0.25, -0.2) is 0 Å². The van der Waals surface area contributed by atoms with Gasteiger partial charge in [0.1, 0.15) is 11.8 Å². The predicted octanol–water partition coefficient (Wildman–Crippen LogP) is 6.06. The Hall–Kier alpha value is -2.81. The van der Waals surface area contributed by atoms with Gasteiger partial charge in [-0.15, -0.1) is 0 Å². The lowest BCUT2D eigenvalue weighted by atomic mass is 9.91. The number of nitriles is 1. The van der Waals surface area contributed by atoms with Gasteiger partial charge in [0.05, 0.1) is 22.8 Å². The highest BCUT2D eigenvalue weighted by molar-refractivity contribution is 5.90. The van der Waals surface area contributed by atoms with Crippen LogP contribution in [-0.2, 0) is 0 Å². The topological polar surface area (TPSA) is 41.2 Å². The van der Waals surface area contributed by atoms with Gasteiger partial charge >= 0.3 is 6.61 Å². The van der Waals surface area contributed by atoms with Crippen molar-refractivity contribution in [1.82, 2.24) is 9.47 Å². The Labute approximate surface area is 169 Å². The third-order valence-corrected chi connectivity index (χ3v) is 5.80. The highest BCUT2D eigenvalue weighted by Gasteiger charge is 2.35. The quantitative estimate of drug-likeness (QED) is 0.629. The normalized spacial score (nSPS) is 19.6. The zero-order valence-electron chi connectivity index (χ0n) is 16.9. The lowest BCUT2D eigenvalue weighted by Gasteiger charge is -2.43. The smallest absolute Gasteiger partial charge is 0.387 e. The molecule has 1 atom stereocenters. The third kappa shape index (κ3) is 3.39. The van der Waals surface area contributed by atoms with Gasteiger partial charge in [0.15, 0.2) is 0 Å². The van der Waals surface area contributed by atoms with Gasteiger partial charge < -0.3 is 14.2 Å². The second-order valence-electron chi connectivity index (χ2n) is 8.63. The van der Waals surface area contributed by atoms with Crippen molar-refractivity contribution in [3.63, 3.8) is 0 Å². The molecule has 1 unspecified atom stereocenters. The van der Waals surface area contributed by atoms with E-state index in [-0.39, 0.29) is 17.3 Å². The van der Waals surface area contributed by atoms with Crippen LogP contribution in [0.1, 0.15) is 63.4 Å². The van der Waals surface area contributed by atoms with Crippen LogP contribution < -0.4 is 4.74 Å². The molecule has 0 bridgehead atoms. The zero-order valence-corrected chi connectivity index (χ0v) is 16.9. The molecule has 2 heterocycles. The largest absolute Gasteiger partial charge is 0.435 e. The molecule has 4 nitrogen and oxygen atoms in total. The molecular weight excluding hydrogens is 372 g/mol. The van der Waals surface area contributed by atoms with Crippen LogP contribution in [0.4, 0.5) is 8.78 Å². The van der Waals surface area contributed by atoms with E-state index in [4.69, 9.17) is 0 Å². The maximum Gasteiger partial charge on any atom is 0.387 e. The molecule has 2 aromatic rings. The van der Waals surface area contributed by atoms with Gasteiger partial charge in [-0.1, -0.05) is 12.2 Å². The maximum atomic E-state index is 12.7. The molecule has 1 aliphatic carbocycles. The summed E-state index contributed by atoms with van der Waals surface area (Å²) in [7, 11) is 0. The van der Waals surface area contributed by atoms with Crippen molar-refractivity contribution in [3.8, 4) is 11.8 Å². The second kappa shape index (κ2) is 7.22. The van der Waals surface area contributed by atoms with Gasteiger partial charge in [-0.05, 0) is 64.3 Å². The first-order valence-corrected chi connectivity index (χ1v) is 9.97. The van der Waals surface area contributed by atoms with E-state index in [0.717, 1.165) is 30.5 Å². The number of hydrogen-bond acceptors (Lipinski definition) is 3. The summed E-state index contributed by atoms with van der Waals surface area (Å²) in [6.07, 6.45) is 11.4. The Morgan fingerprint density at radius 1 is 1.21 bits per heavy atom. The van der Waals surface area contributed by atoms with Crippen molar-refractivity contribution in [2.24, 2.45) is 0 Å². The molecule has 0 saturated heterocycles. The molecule has 0 radical (unpaired) electrons. The average molecular weight is 397 g/mol. The number of benzene rings is 1. The summed E-state index contributed by atoms with van der Waals surface area (Å²) in [5.41, 5.74) is 2.21. The summed E-state index contributed by atoms with van der Waals surface area (Å²) in [5.74, 6) is 0.0769. The molecule has 2 aliphatic rings. The van der Waals surface area contributed by atoms with Crippen LogP contribution in [0, 0.1) is 11.3 Å². The molecule has 0 spiro atoms. The van der Waals surface area contributed by atoms with Crippen molar-refractivity contribution in [3.05, 3.63) is 53.9 Å². The minimum atomic E-state index is -2.89. The number of alkyl halides is 2. The molecule has 0 amide bonds. The van der Waals surface area contributed by atoms with Crippen molar-refractivity contribution in [1.29, 1.82) is 5.26 Å². The number of aromatic nitrogens is 1. The number of hydrogen-bond donors (Lipinski definition) is 0. The number of halogens is 2. The van der Waals surface area contributed by atoms with Crippen molar-refractivity contribution >= 4 is 10.9 Å². The maximum absolute atomic E-state index is 12.7. The fraction of sp³-hybridized carbons (Fsp3) is 0.435. The van der Waals surface area contributed by atoms with E-state index < -0.39 is 6.61 Å². The molecule has 1 fully saturated rings. The van der Waals surface area contributed by atoms with Crippen LogP contribution in [0.3, 0.4) is 0 Å². The molecule has 1 saturated carbocycles. The summed E-state index contributed by atoms with van der Waals surface area (Å²) in [6, 6.07) is 7.51. The van der Waals surface area contributed by atoms with Crippen molar-refractivity contribution < 1.29 is 13.5 Å². The first-order chi connectivity index (χ1) is 13.8. The van der Waals surface area contributed by atoms with Gasteiger partial charge in [0.25, 0.3) is 0 Å². The van der Waals surface area contributed by atoms with Crippen LogP contribution in [0.25, 0.3) is 10.9 Å². The Balaban J connectivity index is 1.95. The minimum Gasteiger partial charge on any atom is -0.435 e. The van der Waals surface area contributed by atoms with Crippen LogP contribution in [0.15, 0.2) is 42.6 Å². The van der Waals surface area contributed by atoms with Gasteiger partial charge in [0.2, 0.25) is 0 Å². The first-order valence-electron chi connectivity index (χ1n) is 9.97. The number of nitrogens with zero attached hydrogens (tertiary/aromatic N) is 3. The molecular formula is C23H25F2N3O. The lowest BCUT2D eigenvalue weighted by Crippen LogP contribution is -2.41. The number of allylic oxidation sites excluding steroid dienone is 2. The molecule has 152 valence electrons. The second-order valence-corrected chi connectivity index (χ2v) is 8.63. The summed E-state index contributed by atoms with van der Waals surface area (Å²) < 4.78 is 32.3.